The lowest BCUT2D eigenvalue weighted by Gasteiger charge is -2.38. The van der Waals surface area contributed by atoms with Crippen LogP contribution in [0.15, 0.2) is 65.2 Å². The number of carbonyl (C=O) groups excluding carboxylic acids is 1. The van der Waals surface area contributed by atoms with Gasteiger partial charge in [0.15, 0.2) is 0 Å². The molecule has 2 fully saturated rings. The number of ether oxygens (including phenoxy) is 2. The maximum atomic E-state index is 11.5. The molecule has 222 valence electrons. The second kappa shape index (κ2) is 12.1. The highest BCUT2D eigenvalue weighted by atomic mass is 28.3. The Bertz CT molecular complexity index is 1510. The number of benzene rings is 2. The molecular weight excluding hydrogens is 544 g/mol. The van der Waals surface area contributed by atoms with Crippen molar-refractivity contribution in [2.24, 2.45) is 0 Å². The van der Waals surface area contributed by atoms with Gasteiger partial charge in [0, 0.05) is 62.9 Å². The molecule has 3 atom stereocenters. The predicted molar refractivity (Wildman–Crippen MR) is 167 cm³/mol. The van der Waals surface area contributed by atoms with E-state index in [0.29, 0.717) is 24.9 Å². The fourth-order valence-electron chi connectivity index (χ4n) is 6.37. The average molecular weight is 587 g/mol. The topological polar surface area (TPSA) is 81.8 Å². The lowest BCUT2D eigenvalue weighted by molar-refractivity contribution is -0.120. The van der Waals surface area contributed by atoms with Gasteiger partial charge in [-0.2, -0.15) is 5.10 Å². The predicted octanol–water partition coefficient (Wildman–Crippen LogP) is 7.03. The molecule has 2 saturated heterocycles. The molecule has 0 spiro atoms. The van der Waals surface area contributed by atoms with Crippen molar-refractivity contribution in [3.8, 4) is 22.8 Å². The third-order valence-electron chi connectivity index (χ3n) is 8.48. The van der Waals surface area contributed by atoms with E-state index in [0.717, 1.165) is 71.5 Å². The molecule has 6 rings (SSSR count). The smallest absolute Gasteiger partial charge is 0.217 e. The molecule has 1 amide bonds. The van der Waals surface area contributed by atoms with Gasteiger partial charge in [-0.25, -0.2) is 4.68 Å². The van der Waals surface area contributed by atoms with Crippen LogP contribution >= 0.6 is 0 Å². The van der Waals surface area contributed by atoms with Gasteiger partial charge >= 0.3 is 0 Å². The number of hydrogen-bond donors (Lipinski definition) is 1. The second-order valence-corrected chi connectivity index (χ2v) is 18.7. The van der Waals surface area contributed by atoms with E-state index in [9.17, 15) is 4.79 Å². The lowest BCUT2D eigenvalue weighted by Crippen LogP contribution is -2.49. The van der Waals surface area contributed by atoms with Gasteiger partial charge in [-0.05, 0) is 80.3 Å². The van der Waals surface area contributed by atoms with Crippen LogP contribution in [-0.2, 0) is 22.8 Å². The number of nitrogens with one attached hydrogen (secondary N) is 1. The highest BCUT2D eigenvalue weighted by Crippen LogP contribution is 2.38. The van der Waals surface area contributed by atoms with Crippen LogP contribution < -0.4 is 10.1 Å². The Kier molecular flexibility index (Phi) is 8.25. The van der Waals surface area contributed by atoms with Gasteiger partial charge in [0.2, 0.25) is 5.91 Å². The first-order valence-corrected chi connectivity index (χ1v) is 18.8. The Morgan fingerprint density at radius 2 is 1.76 bits per heavy atom. The quantitative estimate of drug-likeness (QED) is 0.150. The van der Waals surface area contributed by atoms with E-state index >= 15 is 0 Å². The van der Waals surface area contributed by atoms with Crippen LogP contribution in [0.1, 0.15) is 38.4 Å². The summed E-state index contributed by atoms with van der Waals surface area (Å²) in [6.07, 6.45) is 6.22. The van der Waals surface area contributed by atoms with E-state index in [-0.39, 0.29) is 5.91 Å². The van der Waals surface area contributed by atoms with E-state index < -0.39 is 8.07 Å². The number of rotatable bonds is 11. The minimum absolute atomic E-state index is 0.0696. The van der Waals surface area contributed by atoms with Crippen molar-refractivity contribution in [2.45, 2.75) is 89.7 Å². The van der Waals surface area contributed by atoms with Gasteiger partial charge in [-0.3, -0.25) is 9.69 Å². The van der Waals surface area contributed by atoms with E-state index in [2.05, 4.69) is 59.2 Å². The summed E-state index contributed by atoms with van der Waals surface area (Å²) in [5, 5.41) is 8.66. The minimum atomic E-state index is -1.12. The zero-order valence-electron chi connectivity index (χ0n) is 25.1. The summed E-state index contributed by atoms with van der Waals surface area (Å²) in [6, 6.07) is 20.7. The van der Waals surface area contributed by atoms with E-state index in [1.165, 1.54) is 12.8 Å². The molecule has 0 aliphatic carbocycles. The van der Waals surface area contributed by atoms with Crippen molar-refractivity contribution in [2.75, 3.05) is 6.61 Å². The van der Waals surface area contributed by atoms with Gasteiger partial charge in [0.05, 0.1) is 12.2 Å². The average Bonchev–Trinajstić information content (AvgIpc) is 3.62. The zero-order valence-corrected chi connectivity index (χ0v) is 26.1. The van der Waals surface area contributed by atoms with Gasteiger partial charge in [0.25, 0.3) is 0 Å². The number of amides is 1. The fourth-order valence-corrected chi connectivity index (χ4v) is 7.12. The Balaban J connectivity index is 1.07. The van der Waals surface area contributed by atoms with Crippen molar-refractivity contribution < 1.29 is 18.7 Å². The van der Waals surface area contributed by atoms with Crippen LogP contribution in [0.5, 0.6) is 11.5 Å². The number of carbonyl (C=O) groups is 1. The number of fused-ring (bicyclic) bond motifs is 3. The largest absolute Gasteiger partial charge is 0.460 e. The van der Waals surface area contributed by atoms with Crippen molar-refractivity contribution in [1.82, 2.24) is 20.0 Å². The first kappa shape index (κ1) is 28.7. The summed E-state index contributed by atoms with van der Waals surface area (Å²) in [6.45, 7) is 10.7. The van der Waals surface area contributed by atoms with Crippen LogP contribution in [-0.4, -0.2) is 53.4 Å². The Morgan fingerprint density at radius 1 is 1.02 bits per heavy atom. The van der Waals surface area contributed by atoms with Crippen LogP contribution in [0.4, 0.5) is 0 Å². The molecule has 9 heteroatoms. The molecule has 2 aromatic carbocycles. The van der Waals surface area contributed by atoms with Gasteiger partial charge in [-0.1, -0.05) is 19.6 Å². The van der Waals surface area contributed by atoms with Crippen molar-refractivity contribution in [1.29, 1.82) is 0 Å². The van der Waals surface area contributed by atoms with Crippen LogP contribution in [0.3, 0.4) is 0 Å². The molecule has 4 heterocycles. The molecule has 1 unspecified atom stereocenters. The SMILES string of the molecule is CC(=O)NC1C[C@H]2CC[C@@H](C1)N2Cc1cc2ccc(Oc3ccc(-c4ccnn4COCC[Si](C)(C)C)cc3)cc2o1. The normalized spacial score (nSPS) is 20.7. The fraction of sp³-hybridized carbons (Fsp3) is 0.455. The third kappa shape index (κ3) is 6.80. The summed E-state index contributed by atoms with van der Waals surface area (Å²) in [4.78, 5) is 14.1. The number of furan rings is 1. The van der Waals surface area contributed by atoms with Gasteiger partial charge < -0.3 is 19.2 Å². The van der Waals surface area contributed by atoms with Crippen molar-refractivity contribution in [3.05, 3.63) is 66.6 Å². The maximum absolute atomic E-state index is 11.5. The summed E-state index contributed by atoms with van der Waals surface area (Å²) in [5.74, 6) is 2.55. The van der Waals surface area contributed by atoms with Crippen LogP contribution in [0.2, 0.25) is 25.7 Å². The monoisotopic (exact) mass is 586 g/mol. The first-order valence-electron chi connectivity index (χ1n) is 15.1. The van der Waals surface area contributed by atoms with E-state index in [4.69, 9.17) is 13.9 Å². The number of hydrogen-bond acceptors (Lipinski definition) is 6. The standard InChI is InChI=1S/C33H42N4O4Si/c1-23(38)35-26-18-27-8-9-28(19-26)36(27)21-31-17-25-7-12-30(20-33(25)41-31)40-29-10-5-24(6-11-29)32-13-14-34-37(32)22-39-15-16-42(2,3)4/h5-7,10-14,17,20,26-28H,8-9,15-16,18-19,21-22H2,1-4H3,(H,35,38)/t26?,27-,28+. The second-order valence-electron chi connectivity index (χ2n) is 13.0. The molecule has 2 aliphatic heterocycles. The van der Waals surface area contributed by atoms with Gasteiger partial charge in [0.1, 0.15) is 29.6 Å². The molecular formula is C33H42N4O4Si. The molecule has 1 N–H and O–H groups in total. The van der Waals surface area contributed by atoms with Crippen molar-refractivity contribution >= 4 is 25.0 Å². The van der Waals surface area contributed by atoms with Crippen molar-refractivity contribution in [3.63, 3.8) is 0 Å². The Hall–Kier alpha value is -3.40. The van der Waals surface area contributed by atoms with E-state index in [1.54, 1.807) is 6.92 Å². The van der Waals surface area contributed by atoms with Crippen LogP contribution in [0.25, 0.3) is 22.2 Å². The summed E-state index contributed by atoms with van der Waals surface area (Å²) >= 11 is 0. The summed E-state index contributed by atoms with van der Waals surface area (Å²) in [5.41, 5.74) is 2.92. The molecule has 0 saturated carbocycles. The van der Waals surface area contributed by atoms with Gasteiger partial charge in [-0.15, -0.1) is 0 Å². The molecule has 2 bridgehead atoms. The summed E-state index contributed by atoms with van der Waals surface area (Å²) in [7, 11) is -1.12. The third-order valence-corrected chi connectivity index (χ3v) is 10.2. The highest BCUT2D eigenvalue weighted by Gasteiger charge is 2.41. The molecule has 2 aliphatic rings. The van der Waals surface area contributed by atoms with E-state index in [1.807, 2.05) is 41.2 Å². The number of piperidine rings is 1. The zero-order chi connectivity index (χ0) is 29.3. The molecule has 2 aromatic heterocycles. The highest BCUT2D eigenvalue weighted by molar-refractivity contribution is 6.76. The molecule has 0 radical (unpaired) electrons. The number of aromatic nitrogens is 2. The molecule has 8 nitrogen and oxygen atoms in total. The number of nitrogens with zero attached hydrogens (tertiary/aromatic N) is 3. The Labute approximate surface area is 249 Å². The Morgan fingerprint density at radius 3 is 2.48 bits per heavy atom. The lowest BCUT2D eigenvalue weighted by atomic mass is 9.97. The minimum Gasteiger partial charge on any atom is -0.460 e. The summed E-state index contributed by atoms with van der Waals surface area (Å²) < 4.78 is 20.3. The molecule has 4 aromatic rings. The maximum Gasteiger partial charge on any atom is 0.217 e. The molecule has 42 heavy (non-hydrogen) atoms. The first-order chi connectivity index (χ1) is 20.2. The van der Waals surface area contributed by atoms with Crippen LogP contribution in [0, 0.1) is 0 Å².